The number of hydrogen-bond donors (Lipinski definition) is 1. The standard InChI is InChI=1S/C26H26N2O6/c1-4-32-21-11-9-20(10-12-21)26(30)34-23-13-8-19(15-24(23)31-3)16-27-28-25(29)17-33-22-7-5-6-18(2)14-22/h5-16H,4,17H2,1-3H3,(H,28,29)/b27-16+. The van der Waals surface area contributed by atoms with Crippen LogP contribution in [0.2, 0.25) is 0 Å². The van der Waals surface area contributed by atoms with Crippen LogP contribution in [0.15, 0.2) is 71.8 Å². The van der Waals surface area contributed by atoms with Crippen LogP contribution < -0.4 is 24.4 Å². The first-order chi connectivity index (χ1) is 16.5. The van der Waals surface area contributed by atoms with Gasteiger partial charge in [-0.25, -0.2) is 10.2 Å². The van der Waals surface area contributed by atoms with E-state index in [1.54, 1.807) is 48.5 Å². The van der Waals surface area contributed by atoms with Crippen LogP contribution in [0.5, 0.6) is 23.0 Å². The Balaban J connectivity index is 1.55. The van der Waals surface area contributed by atoms with Crippen molar-refractivity contribution in [3.05, 3.63) is 83.4 Å². The smallest absolute Gasteiger partial charge is 0.343 e. The number of rotatable bonds is 10. The number of amides is 1. The quantitative estimate of drug-likeness (QED) is 0.211. The van der Waals surface area contributed by atoms with Gasteiger partial charge in [-0.05, 0) is 79.6 Å². The van der Waals surface area contributed by atoms with Crippen molar-refractivity contribution in [1.82, 2.24) is 5.43 Å². The Morgan fingerprint density at radius 3 is 2.44 bits per heavy atom. The highest BCUT2D eigenvalue weighted by molar-refractivity contribution is 5.92. The van der Waals surface area contributed by atoms with Gasteiger partial charge >= 0.3 is 5.97 Å². The largest absolute Gasteiger partial charge is 0.494 e. The van der Waals surface area contributed by atoms with E-state index in [-0.39, 0.29) is 12.4 Å². The lowest BCUT2D eigenvalue weighted by Crippen LogP contribution is -2.24. The van der Waals surface area contributed by atoms with Crippen molar-refractivity contribution in [2.75, 3.05) is 20.3 Å². The van der Waals surface area contributed by atoms with E-state index in [1.807, 2.05) is 32.0 Å². The molecule has 3 aromatic rings. The molecule has 1 N–H and O–H groups in total. The summed E-state index contributed by atoms with van der Waals surface area (Å²) < 4.78 is 21.6. The van der Waals surface area contributed by atoms with E-state index in [0.717, 1.165) is 5.56 Å². The lowest BCUT2D eigenvalue weighted by molar-refractivity contribution is -0.123. The van der Waals surface area contributed by atoms with Crippen LogP contribution >= 0.6 is 0 Å². The van der Waals surface area contributed by atoms with Crippen LogP contribution in [-0.2, 0) is 4.79 Å². The van der Waals surface area contributed by atoms with Gasteiger partial charge < -0.3 is 18.9 Å². The van der Waals surface area contributed by atoms with E-state index in [2.05, 4.69) is 10.5 Å². The maximum absolute atomic E-state index is 12.5. The van der Waals surface area contributed by atoms with E-state index in [0.29, 0.717) is 35.0 Å². The average molecular weight is 463 g/mol. The number of carbonyl (C=O) groups is 2. The molecule has 8 heteroatoms. The zero-order valence-electron chi connectivity index (χ0n) is 19.2. The molecule has 0 aliphatic rings. The number of benzene rings is 3. The van der Waals surface area contributed by atoms with Gasteiger partial charge in [-0.2, -0.15) is 5.10 Å². The van der Waals surface area contributed by atoms with Crippen molar-refractivity contribution in [1.29, 1.82) is 0 Å². The van der Waals surface area contributed by atoms with Gasteiger partial charge in [0, 0.05) is 0 Å². The normalized spacial score (nSPS) is 10.6. The number of nitrogens with one attached hydrogen (secondary N) is 1. The zero-order valence-corrected chi connectivity index (χ0v) is 19.2. The highest BCUT2D eigenvalue weighted by atomic mass is 16.6. The third kappa shape index (κ3) is 7.09. The number of carbonyl (C=O) groups excluding carboxylic acids is 2. The molecule has 8 nitrogen and oxygen atoms in total. The summed E-state index contributed by atoms with van der Waals surface area (Å²) in [6.45, 7) is 4.21. The van der Waals surface area contributed by atoms with E-state index in [4.69, 9.17) is 18.9 Å². The highest BCUT2D eigenvalue weighted by Crippen LogP contribution is 2.28. The molecule has 3 aromatic carbocycles. The third-order valence-corrected chi connectivity index (χ3v) is 4.55. The second kappa shape index (κ2) is 12.1. The number of nitrogens with zero attached hydrogens (tertiary/aromatic N) is 1. The van der Waals surface area contributed by atoms with Crippen molar-refractivity contribution in [3.8, 4) is 23.0 Å². The van der Waals surface area contributed by atoms with Crippen LogP contribution in [0.4, 0.5) is 0 Å². The lowest BCUT2D eigenvalue weighted by atomic mass is 10.2. The van der Waals surface area contributed by atoms with E-state index in [9.17, 15) is 9.59 Å². The summed E-state index contributed by atoms with van der Waals surface area (Å²) in [6.07, 6.45) is 1.45. The maximum Gasteiger partial charge on any atom is 0.343 e. The number of aryl methyl sites for hydroxylation is 1. The van der Waals surface area contributed by atoms with E-state index < -0.39 is 11.9 Å². The van der Waals surface area contributed by atoms with Gasteiger partial charge in [0.1, 0.15) is 11.5 Å². The minimum Gasteiger partial charge on any atom is -0.494 e. The SMILES string of the molecule is CCOc1ccc(C(=O)Oc2ccc(/C=N/NC(=O)COc3cccc(C)c3)cc2OC)cc1. The Labute approximate surface area is 198 Å². The molecule has 0 saturated carbocycles. The summed E-state index contributed by atoms with van der Waals surface area (Å²) in [6, 6.07) is 19.0. The minimum atomic E-state index is -0.524. The summed E-state index contributed by atoms with van der Waals surface area (Å²) in [5.74, 6) is 0.967. The van der Waals surface area contributed by atoms with Gasteiger partial charge in [0.15, 0.2) is 18.1 Å². The Morgan fingerprint density at radius 2 is 1.74 bits per heavy atom. The Hall–Kier alpha value is -4.33. The van der Waals surface area contributed by atoms with Crippen LogP contribution in [0.3, 0.4) is 0 Å². The molecule has 176 valence electrons. The van der Waals surface area contributed by atoms with Crippen molar-refractivity contribution in [2.24, 2.45) is 5.10 Å². The minimum absolute atomic E-state index is 0.162. The van der Waals surface area contributed by atoms with E-state index in [1.165, 1.54) is 13.3 Å². The lowest BCUT2D eigenvalue weighted by Gasteiger charge is -2.10. The molecule has 0 atom stereocenters. The highest BCUT2D eigenvalue weighted by Gasteiger charge is 2.13. The van der Waals surface area contributed by atoms with Gasteiger partial charge in [-0.1, -0.05) is 12.1 Å². The van der Waals surface area contributed by atoms with Gasteiger partial charge in [0.05, 0.1) is 25.5 Å². The first-order valence-corrected chi connectivity index (χ1v) is 10.6. The molecule has 0 spiro atoms. The summed E-state index contributed by atoms with van der Waals surface area (Å²) in [5.41, 5.74) is 4.46. The molecule has 0 heterocycles. The van der Waals surface area contributed by atoms with Crippen LogP contribution in [-0.4, -0.2) is 38.4 Å². The monoisotopic (exact) mass is 462 g/mol. The second-order valence-corrected chi connectivity index (χ2v) is 7.16. The second-order valence-electron chi connectivity index (χ2n) is 7.16. The van der Waals surface area contributed by atoms with Crippen molar-refractivity contribution < 1.29 is 28.5 Å². The Bertz CT molecular complexity index is 1160. The number of methoxy groups -OCH3 is 1. The molecule has 0 bridgehead atoms. The van der Waals surface area contributed by atoms with Crippen molar-refractivity contribution >= 4 is 18.1 Å². The molecule has 0 unspecified atom stereocenters. The molecule has 0 aliphatic carbocycles. The number of esters is 1. The Kier molecular flexibility index (Phi) is 8.62. The van der Waals surface area contributed by atoms with Crippen molar-refractivity contribution in [3.63, 3.8) is 0 Å². The van der Waals surface area contributed by atoms with Crippen LogP contribution in [0.1, 0.15) is 28.4 Å². The predicted molar refractivity (Wildman–Crippen MR) is 128 cm³/mol. The molecule has 0 fully saturated rings. The molecule has 34 heavy (non-hydrogen) atoms. The van der Waals surface area contributed by atoms with Gasteiger partial charge in [0.25, 0.3) is 5.91 Å². The van der Waals surface area contributed by atoms with Gasteiger partial charge in [0.2, 0.25) is 0 Å². The topological polar surface area (TPSA) is 95.5 Å². The molecule has 1 amide bonds. The first kappa shape index (κ1) is 24.3. The molecule has 0 saturated heterocycles. The fourth-order valence-corrected chi connectivity index (χ4v) is 2.93. The number of hydrogen-bond acceptors (Lipinski definition) is 7. The summed E-state index contributed by atoms with van der Waals surface area (Å²) in [7, 11) is 1.47. The van der Waals surface area contributed by atoms with Crippen LogP contribution in [0, 0.1) is 6.92 Å². The predicted octanol–water partition coefficient (Wildman–Crippen LogP) is 4.15. The van der Waals surface area contributed by atoms with E-state index >= 15 is 0 Å². The molecular weight excluding hydrogens is 436 g/mol. The number of hydrazone groups is 1. The summed E-state index contributed by atoms with van der Waals surface area (Å²) in [5, 5.41) is 3.93. The fourth-order valence-electron chi connectivity index (χ4n) is 2.93. The third-order valence-electron chi connectivity index (χ3n) is 4.55. The van der Waals surface area contributed by atoms with Crippen LogP contribution in [0.25, 0.3) is 0 Å². The molecular formula is C26H26N2O6. The number of ether oxygens (including phenoxy) is 4. The molecule has 0 aromatic heterocycles. The maximum atomic E-state index is 12.5. The molecule has 0 aliphatic heterocycles. The summed E-state index contributed by atoms with van der Waals surface area (Å²) >= 11 is 0. The average Bonchev–Trinajstić information content (AvgIpc) is 2.84. The molecule has 0 radical (unpaired) electrons. The fraction of sp³-hybridized carbons (Fsp3) is 0.192. The Morgan fingerprint density at radius 1 is 0.941 bits per heavy atom. The summed E-state index contributed by atoms with van der Waals surface area (Å²) in [4.78, 5) is 24.4. The first-order valence-electron chi connectivity index (χ1n) is 10.6. The van der Waals surface area contributed by atoms with Crippen molar-refractivity contribution in [2.45, 2.75) is 13.8 Å². The van der Waals surface area contributed by atoms with Gasteiger partial charge in [-0.15, -0.1) is 0 Å². The zero-order chi connectivity index (χ0) is 24.3. The van der Waals surface area contributed by atoms with Gasteiger partial charge in [-0.3, -0.25) is 4.79 Å². The molecule has 3 rings (SSSR count).